The lowest BCUT2D eigenvalue weighted by Gasteiger charge is -2.15. The van der Waals surface area contributed by atoms with Crippen LogP contribution in [-0.2, 0) is 11.2 Å². The van der Waals surface area contributed by atoms with Crippen LogP contribution in [0.4, 0.5) is 5.82 Å². The first-order valence-corrected chi connectivity index (χ1v) is 9.18. The van der Waals surface area contributed by atoms with Gasteiger partial charge in [-0.2, -0.15) is 5.10 Å². The van der Waals surface area contributed by atoms with Crippen molar-refractivity contribution in [2.75, 3.05) is 5.32 Å². The van der Waals surface area contributed by atoms with E-state index in [1.807, 2.05) is 53.2 Å². The minimum absolute atomic E-state index is 0.0209. The van der Waals surface area contributed by atoms with Crippen molar-refractivity contribution in [2.45, 2.75) is 38.6 Å². The summed E-state index contributed by atoms with van der Waals surface area (Å²) in [6, 6.07) is 16.1. The molecule has 1 amide bonds. The lowest BCUT2D eigenvalue weighted by Crippen LogP contribution is -2.18. The fourth-order valence-corrected chi connectivity index (χ4v) is 3.23. The van der Waals surface area contributed by atoms with Crippen molar-refractivity contribution in [1.29, 1.82) is 0 Å². The molecule has 1 aliphatic carbocycles. The molecule has 2 heterocycles. The van der Waals surface area contributed by atoms with E-state index in [2.05, 4.69) is 17.3 Å². The van der Waals surface area contributed by atoms with Crippen molar-refractivity contribution in [2.24, 2.45) is 5.92 Å². The van der Waals surface area contributed by atoms with E-state index in [1.165, 1.54) is 12.8 Å². The Kier molecular flexibility index (Phi) is 4.61. The molecule has 1 N–H and O–H groups in total. The molecule has 26 heavy (non-hydrogen) atoms. The Balaban J connectivity index is 1.34. The third kappa shape index (κ3) is 3.72. The van der Waals surface area contributed by atoms with E-state index in [9.17, 15) is 4.79 Å². The van der Waals surface area contributed by atoms with Crippen molar-refractivity contribution >= 4 is 11.7 Å². The number of amides is 1. The van der Waals surface area contributed by atoms with E-state index in [-0.39, 0.29) is 5.91 Å². The highest BCUT2D eigenvalue weighted by Gasteiger charge is 2.30. The van der Waals surface area contributed by atoms with Crippen LogP contribution in [0.5, 0.6) is 0 Å². The summed E-state index contributed by atoms with van der Waals surface area (Å²) in [4.78, 5) is 12.3. The number of hydrogen-bond donors (Lipinski definition) is 1. The number of nitrogens with one attached hydrogen (secondary N) is 1. The molecule has 0 radical (unpaired) electrons. The average molecular weight is 349 g/mol. The molecule has 5 heteroatoms. The largest absolute Gasteiger partial charge is 0.461 e. The Bertz CT molecular complexity index is 878. The van der Waals surface area contributed by atoms with Crippen molar-refractivity contribution in [3.05, 3.63) is 60.5 Å². The summed E-state index contributed by atoms with van der Waals surface area (Å²) in [7, 11) is 0. The Morgan fingerprint density at radius 2 is 2.04 bits per heavy atom. The molecule has 1 unspecified atom stereocenters. The van der Waals surface area contributed by atoms with Crippen LogP contribution in [0.1, 0.15) is 38.0 Å². The van der Waals surface area contributed by atoms with Gasteiger partial charge in [-0.05, 0) is 37.8 Å². The smallest absolute Gasteiger partial charge is 0.225 e. The van der Waals surface area contributed by atoms with E-state index >= 15 is 0 Å². The standard InChI is InChI=1S/C21H23N3O2/c1-15(16-7-8-16)24-20(13-14-22-24)23-21(25)12-10-18-9-11-19(26-18)17-5-3-2-4-6-17/h2-6,9,11,13-16H,7-8,10,12H2,1H3,(H,23,25). The van der Waals surface area contributed by atoms with E-state index < -0.39 is 0 Å². The number of hydrogen-bond acceptors (Lipinski definition) is 3. The van der Waals surface area contributed by atoms with Gasteiger partial charge in [0, 0.05) is 24.5 Å². The molecule has 0 bridgehead atoms. The van der Waals surface area contributed by atoms with Crippen LogP contribution in [0.2, 0.25) is 0 Å². The molecule has 1 saturated carbocycles. The molecule has 4 rings (SSSR count). The van der Waals surface area contributed by atoms with Crippen LogP contribution in [-0.4, -0.2) is 15.7 Å². The number of anilines is 1. The zero-order valence-electron chi connectivity index (χ0n) is 14.9. The Labute approximate surface area is 153 Å². The zero-order valence-corrected chi connectivity index (χ0v) is 14.9. The SMILES string of the molecule is CC(C1CC1)n1nccc1NC(=O)CCc1ccc(-c2ccccc2)o1. The van der Waals surface area contributed by atoms with Crippen LogP contribution in [0.15, 0.2) is 59.1 Å². The number of nitrogens with zero attached hydrogens (tertiary/aromatic N) is 2. The second-order valence-electron chi connectivity index (χ2n) is 6.92. The summed E-state index contributed by atoms with van der Waals surface area (Å²) in [5.41, 5.74) is 1.04. The molecular formula is C21H23N3O2. The summed E-state index contributed by atoms with van der Waals surface area (Å²) >= 11 is 0. The highest BCUT2D eigenvalue weighted by molar-refractivity contribution is 5.89. The Morgan fingerprint density at radius 1 is 1.23 bits per heavy atom. The molecule has 1 aliphatic rings. The predicted octanol–water partition coefficient (Wildman–Crippen LogP) is 4.69. The third-order valence-corrected chi connectivity index (χ3v) is 4.95. The van der Waals surface area contributed by atoms with Gasteiger partial charge in [-0.3, -0.25) is 4.79 Å². The van der Waals surface area contributed by atoms with Gasteiger partial charge in [0.1, 0.15) is 17.3 Å². The second kappa shape index (κ2) is 7.20. The number of carbonyl (C=O) groups is 1. The molecule has 1 fully saturated rings. The Hall–Kier alpha value is -2.82. The average Bonchev–Trinajstić information content (AvgIpc) is 3.23. The molecule has 0 saturated heterocycles. The minimum atomic E-state index is -0.0209. The number of furan rings is 1. The number of benzene rings is 1. The molecule has 134 valence electrons. The number of carbonyl (C=O) groups excluding carboxylic acids is 1. The van der Waals surface area contributed by atoms with E-state index in [1.54, 1.807) is 6.20 Å². The number of aryl methyl sites for hydroxylation is 1. The van der Waals surface area contributed by atoms with Gasteiger partial charge in [0.05, 0.1) is 12.2 Å². The van der Waals surface area contributed by atoms with Crippen LogP contribution in [0, 0.1) is 5.92 Å². The van der Waals surface area contributed by atoms with Crippen molar-refractivity contribution in [3.8, 4) is 11.3 Å². The van der Waals surface area contributed by atoms with Crippen LogP contribution in [0.3, 0.4) is 0 Å². The van der Waals surface area contributed by atoms with Crippen LogP contribution >= 0.6 is 0 Å². The Morgan fingerprint density at radius 3 is 2.81 bits per heavy atom. The number of rotatable bonds is 7. The molecular weight excluding hydrogens is 326 g/mol. The first-order valence-electron chi connectivity index (χ1n) is 9.18. The lowest BCUT2D eigenvalue weighted by molar-refractivity contribution is -0.116. The van der Waals surface area contributed by atoms with Gasteiger partial charge in [-0.15, -0.1) is 0 Å². The molecule has 5 nitrogen and oxygen atoms in total. The molecule has 1 aromatic carbocycles. The van der Waals surface area contributed by atoms with Crippen molar-refractivity contribution in [3.63, 3.8) is 0 Å². The topological polar surface area (TPSA) is 60.1 Å². The maximum Gasteiger partial charge on any atom is 0.225 e. The molecule has 3 aromatic rings. The summed E-state index contributed by atoms with van der Waals surface area (Å²) in [6.45, 7) is 2.16. The first kappa shape index (κ1) is 16.6. The quantitative estimate of drug-likeness (QED) is 0.673. The van der Waals surface area contributed by atoms with E-state index in [0.717, 1.165) is 22.9 Å². The summed E-state index contributed by atoms with van der Waals surface area (Å²) in [5.74, 6) is 3.09. The van der Waals surface area contributed by atoms with Gasteiger partial charge in [0.15, 0.2) is 0 Å². The van der Waals surface area contributed by atoms with E-state index in [4.69, 9.17) is 4.42 Å². The fourth-order valence-electron chi connectivity index (χ4n) is 3.23. The molecule has 0 spiro atoms. The van der Waals surface area contributed by atoms with Gasteiger partial charge in [-0.1, -0.05) is 30.3 Å². The van der Waals surface area contributed by atoms with Gasteiger partial charge >= 0.3 is 0 Å². The molecule has 2 aromatic heterocycles. The van der Waals surface area contributed by atoms with Gasteiger partial charge < -0.3 is 9.73 Å². The third-order valence-electron chi connectivity index (χ3n) is 4.95. The lowest BCUT2D eigenvalue weighted by atomic mass is 10.2. The summed E-state index contributed by atoms with van der Waals surface area (Å²) < 4.78 is 7.79. The van der Waals surface area contributed by atoms with Crippen LogP contribution in [0.25, 0.3) is 11.3 Å². The highest BCUT2D eigenvalue weighted by atomic mass is 16.3. The van der Waals surface area contributed by atoms with Crippen LogP contribution < -0.4 is 5.32 Å². The summed E-state index contributed by atoms with van der Waals surface area (Å²) in [5, 5.41) is 7.35. The molecule has 0 aliphatic heterocycles. The van der Waals surface area contributed by atoms with E-state index in [0.29, 0.717) is 24.8 Å². The second-order valence-corrected chi connectivity index (χ2v) is 6.92. The van der Waals surface area contributed by atoms with Gasteiger partial charge in [0.25, 0.3) is 0 Å². The van der Waals surface area contributed by atoms with Crippen molar-refractivity contribution in [1.82, 2.24) is 9.78 Å². The monoisotopic (exact) mass is 349 g/mol. The molecule has 1 atom stereocenters. The van der Waals surface area contributed by atoms with Crippen molar-refractivity contribution < 1.29 is 9.21 Å². The van der Waals surface area contributed by atoms with Gasteiger partial charge in [0.2, 0.25) is 5.91 Å². The fraction of sp³-hybridized carbons (Fsp3) is 0.333. The maximum absolute atomic E-state index is 12.3. The minimum Gasteiger partial charge on any atom is -0.461 e. The summed E-state index contributed by atoms with van der Waals surface area (Å²) in [6.07, 6.45) is 5.19. The first-order chi connectivity index (χ1) is 12.7. The predicted molar refractivity (Wildman–Crippen MR) is 101 cm³/mol. The zero-order chi connectivity index (χ0) is 17.9. The van der Waals surface area contributed by atoms with Gasteiger partial charge in [-0.25, -0.2) is 4.68 Å². The number of aromatic nitrogens is 2. The maximum atomic E-state index is 12.3. The highest BCUT2D eigenvalue weighted by Crippen LogP contribution is 2.40. The normalized spacial score (nSPS) is 15.0.